The van der Waals surface area contributed by atoms with Gasteiger partial charge in [-0.2, -0.15) is 0 Å². The normalized spacial score (nSPS) is 12.0. The first-order valence-corrected chi connectivity index (χ1v) is 35.8. The number of nitrogens with one attached hydrogen (secondary N) is 6. The Hall–Kier alpha value is -15.0. The lowest BCUT2D eigenvalue weighted by atomic mass is 10.0. The van der Waals surface area contributed by atoms with Gasteiger partial charge in [-0.15, -0.1) is 0 Å². The predicted molar refractivity (Wildman–Crippen MR) is 441 cm³/mol. The van der Waals surface area contributed by atoms with Gasteiger partial charge in [0.1, 0.15) is 11.4 Å². The summed E-state index contributed by atoms with van der Waals surface area (Å²) in [6.45, 7) is 0. The van der Waals surface area contributed by atoms with Gasteiger partial charge in [-0.3, -0.25) is 9.59 Å². The minimum Gasteiger partial charge on any atom is -0.354 e. The first-order valence-electron chi connectivity index (χ1n) is 35.8. The molecule has 13 nitrogen and oxygen atoms in total. The van der Waals surface area contributed by atoms with Crippen LogP contribution in [0.4, 0.5) is 11.4 Å². The molecule has 0 saturated carbocycles. The summed E-state index contributed by atoms with van der Waals surface area (Å²) in [6, 6.07) is 99.2. The van der Waals surface area contributed by atoms with Crippen LogP contribution in [0.5, 0.6) is 0 Å². The molecule has 8 aromatic carbocycles. The first kappa shape index (κ1) is 63.9. The number of carbonyl (C=O) groups is 2. The Morgan fingerprint density at radius 2 is 0.398 bits per heavy atom. The van der Waals surface area contributed by atoms with Gasteiger partial charge in [0.2, 0.25) is 0 Å². The van der Waals surface area contributed by atoms with Gasteiger partial charge in [-0.05, 0) is 178 Å². The molecule has 0 spiro atoms. The lowest BCUT2D eigenvalue weighted by Crippen LogP contribution is -2.18. The molecular weight excluding hydrogens is 1330 g/mol. The Morgan fingerprint density at radius 3 is 0.620 bits per heavy atom. The average Bonchev–Trinajstić information content (AvgIpc) is 1.61. The number of benzene rings is 8. The van der Waals surface area contributed by atoms with Gasteiger partial charge in [-0.25, -0.2) is 24.9 Å². The maximum atomic E-state index is 14.6. The molecule has 0 radical (unpaired) electrons. The largest absolute Gasteiger partial charge is 0.354 e. The van der Waals surface area contributed by atoms with E-state index in [9.17, 15) is 9.59 Å². The molecule has 2 amide bonds. The number of carbonyl (C=O) groups excluding carboxylic acids is 2. The molecule has 510 valence electrons. The molecule has 0 aliphatic carbocycles. The van der Waals surface area contributed by atoms with Crippen molar-refractivity contribution in [3.63, 3.8) is 0 Å². The zero-order valence-corrected chi connectivity index (χ0v) is 58.0. The molecule has 16 bridgehead atoms. The number of rotatable bonds is 12. The van der Waals surface area contributed by atoms with Crippen LogP contribution in [0, 0.1) is 0 Å². The van der Waals surface area contributed by atoms with Crippen molar-refractivity contribution in [2.45, 2.75) is 0 Å². The molecule has 7 aromatic heterocycles. The molecule has 11 heterocycles. The number of anilines is 2. The van der Waals surface area contributed by atoms with E-state index in [1.807, 2.05) is 133 Å². The number of pyridine rings is 1. The smallest absolute Gasteiger partial charge is 0.274 e. The van der Waals surface area contributed by atoms with Gasteiger partial charge in [0.25, 0.3) is 11.8 Å². The van der Waals surface area contributed by atoms with Crippen LogP contribution >= 0.6 is 0 Å². The zero-order valence-electron chi connectivity index (χ0n) is 58.0. The Bertz CT molecular complexity index is 6160. The molecule has 0 saturated heterocycles. The monoisotopic (exact) mass is 1390 g/mol. The highest BCUT2D eigenvalue weighted by molar-refractivity contribution is 6.08. The maximum absolute atomic E-state index is 14.6. The Morgan fingerprint density at radius 1 is 0.204 bits per heavy atom. The number of amides is 2. The van der Waals surface area contributed by atoms with Crippen molar-refractivity contribution >= 4 is 116 Å². The van der Waals surface area contributed by atoms with Gasteiger partial charge in [0.05, 0.1) is 45.6 Å². The van der Waals surface area contributed by atoms with Crippen molar-refractivity contribution in [2.75, 3.05) is 10.6 Å². The third-order valence-electron chi connectivity index (χ3n) is 19.9. The van der Waals surface area contributed by atoms with Gasteiger partial charge in [0.15, 0.2) is 0 Å². The summed E-state index contributed by atoms with van der Waals surface area (Å²) in [5.41, 5.74) is 29.1. The van der Waals surface area contributed by atoms with Gasteiger partial charge in [-0.1, -0.05) is 212 Å². The number of H-pyrrole nitrogens is 4. The summed E-state index contributed by atoms with van der Waals surface area (Å²) in [4.78, 5) is 71.2. The van der Waals surface area contributed by atoms with Crippen molar-refractivity contribution in [1.29, 1.82) is 0 Å². The lowest BCUT2D eigenvalue weighted by molar-refractivity contribution is 0.101. The van der Waals surface area contributed by atoms with Crippen LogP contribution < -0.4 is 10.6 Å². The number of hydrogen-bond donors (Lipinski definition) is 6. The van der Waals surface area contributed by atoms with Gasteiger partial charge >= 0.3 is 0 Å². The molecule has 0 fully saturated rings. The highest BCUT2D eigenvalue weighted by atomic mass is 16.2. The predicted octanol–water partition coefficient (Wildman–Crippen LogP) is 22.9. The minimum atomic E-state index is -0.503. The van der Waals surface area contributed by atoms with Crippen LogP contribution in [0.1, 0.15) is 66.5 Å². The van der Waals surface area contributed by atoms with Gasteiger partial charge in [0, 0.05) is 100 Å². The van der Waals surface area contributed by atoms with Crippen molar-refractivity contribution in [2.24, 2.45) is 0 Å². The van der Waals surface area contributed by atoms with E-state index in [0.29, 0.717) is 22.8 Å². The Kier molecular flexibility index (Phi) is 16.2. The second kappa shape index (κ2) is 27.3. The van der Waals surface area contributed by atoms with E-state index in [2.05, 4.69) is 225 Å². The fourth-order valence-corrected chi connectivity index (χ4v) is 15.1. The highest BCUT2D eigenvalue weighted by Crippen LogP contribution is 2.43. The molecule has 6 N–H and O–H groups in total. The van der Waals surface area contributed by atoms with Gasteiger partial charge < -0.3 is 30.6 Å². The summed E-state index contributed by atoms with van der Waals surface area (Å²) < 4.78 is 0. The summed E-state index contributed by atoms with van der Waals surface area (Å²) in [5, 5.41) is 6.24. The second-order valence-corrected chi connectivity index (χ2v) is 26.7. The molecule has 108 heavy (non-hydrogen) atoms. The molecular formula is C95H63N11O2. The Labute approximate surface area is 620 Å². The Balaban J connectivity index is 0.681. The van der Waals surface area contributed by atoms with Crippen LogP contribution in [-0.2, 0) is 0 Å². The maximum Gasteiger partial charge on any atom is 0.274 e. The van der Waals surface area contributed by atoms with Crippen molar-refractivity contribution in [3.8, 4) is 89.0 Å². The zero-order chi connectivity index (χ0) is 72.0. The van der Waals surface area contributed by atoms with Crippen LogP contribution in [0.2, 0.25) is 0 Å². The highest BCUT2D eigenvalue weighted by Gasteiger charge is 2.24. The molecule has 0 atom stereocenters. The number of hydrogen-bond acceptors (Lipinski definition) is 7. The fourth-order valence-electron chi connectivity index (χ4n) is 15.1. The topological polar surface area (TPSA) is 186 Å². The van der Waals surface area contributed by atoms with E-state index >= 15 is 0 Å². The van der Waals surface area contributed by atoms with Crippen LogP contribution in [-0.4, -0.2) is 56.7 Å². The molecule has 0 unspecified atom stereocenters. The van der Waals surface area contributed by atoms with E-state index in [1.54, 1.807) is 18.2 Å². The number of aromatic amines is 4. The van der Waals surface area contributed by atoms with Crippen molar-refractivity contribution in [1.82, 2.24) is 44.9 Å². The summed E-state index contributed by atoms with van der Waals surface area (Å²) in [5.74, 6) is -1.01. The summed E-state index contributed by atoms with van der Waals surface area (Å²) >= 11 is 0. The minimum absolute atomic E-state index is 0.0489. The lowest BCUT2D eigenvalue weighted by Gasteiger charge is -2.11. The molecule has 13 heteroatoms. The quantitative estimate of drug-likeness (QED) is 0.0703. The third kappa shape index (κ3) is 12.1. The second-order valence-electron chi connectivity index (χ2n) is 26.7. The number of aromatic nitrogens is 9. The molecule has 19 rings (SSSR count). The number of fused-ring (bicyclic) bond motifs is 16. The summed E-state index contributed by atoms with van der Waals surface area (Å²) in [6.07, 6.45) is 16.6. The SMILES string of the molecule is O=C(Nc1cccc(-c2c3nc(c(-c4ccccc4)c4ccc([nH]4)c(-c4ccccc4)c4nc(c(-c5ccccc5)c5ccc2[nH]5)C=C4)C=C3)c1)c1cccc(C(=O)Nc2cccc(-c3c4nc(c(-c5ccccc5)c5ccc([nH]5)c(-c5ccccc5)c5nc(c(-c6ccccc6)c6ccc3[nH]6)C=C5)C=C4)c2)n1. The van der Waals surface area contributed by atoms with E-state index in [4.69, 9.17) is 24.9 Å². The van der Waals surface area contributed by atoms with E-state index in [0.717, 1.165) is 167 Å². The van der Waals surface area contributed by atoms with Crippen LogP contribution in [0.15, 0.2) is 297 Å². The van der Waals surface area contributed by atoms with E-state index < -0.39 is 11.8 Å². The van der Waals surface area contributed by atoms with Crippen molar-refractivity contribution in [3.05, 3.63) is 354 Å². The standard InChI is InChI=1S/C95H63N11O2/c107-94(96-66-36-19-34-64(56-66)92-80-52-48-76(102-80)88(60-26-11-3-12-27-60)72-44-40-68(98-72)86(58-22-7-1-8-23-58)69-41-45-73(99-69)89(61-28-13-4-14-29-61)77-49-53-81(92)103-77)84-38-21-39-85(106-84)95(108)97-67-37-20-35-65(57-67)93-82-54-50-78(104-82)90(62-30-15-5-16-31-62)74-46-42-70(100-74)87(59-24-9-2-10-25-59)71-43-47-75(101-71)91(63-32-17-6-18-33-63)79-51-55-83(93)105-79/h1-57,98,100,103,105H,(H,96,107)(H,97,108). The third-order valence-corrected chi connectivity index (χ3v) is 19.9. The van der Waals surface area contributed by atoms with E-state index in [1.165, 1.54) is 0 Å². The number of nitrogens with zero attached hydrogens (tertiary/aromatic N) is 5. The first-order chi connectivity index (χ1) is 53.3. The summed E-state index contributed by atoms with van der Waals surface area (Å²) in [7, 11) is 0. The average molecular weight is 1390 g/mol. The van der Waals surface area contributed by atoms with E-state index in [-0.39, 0.29) is 11.4 Å². The van der Waals surface area contributed by atoms with Crippen LogP contribution in [0.25, 0.3) is 182 Å². The van der Waals surface area contributed by atoms with Crippen LogP contribution in [0.3, 0.4) is 0 Å². The van der Waals surface area contributed by atoms with Crippen molar-refractivity contribution < 1.29 is 9.59 Å². The fraction of sp³-hybridized carbons (Fsp3) is 0. The molecule has 4 aliphatic heterocycles. The molecule has 4 aliphatic rings. The molecule has 15 aromatic rings.